The Morgan fingerprint density at radius 2 is 2.08 bits per heavy atom. The molecule has 0 fully saturated rings. The van der Waals surface area contributed by atoms with E-state index in [4.69, 9.17) is 25.8 Å². The molecule has 0 aliphatic rings. The Bertz CT molecular complexity index is 780. The highest BCUT2D eigenvalue weighted by Crippen LogP contribution is 2.22. The maximum absolute atomic E-state index is 12.1. The molecule has 138 valence electrons. The number of nitrogens with one attached hydrogen (secondary N) is 1. The first-order valence-electron chi connectivity index (χ1n) is 8.09. The van der Waals surface area contributed by atoms with Gasteiger partial charge in [0.2, 0.25) is 0 Å². The van der Waals surface area contributed by atoms with Crippen molar-refractivity contribution in [2.75, 3.05) is 13.7 Å². The third kappa shape index (κ3) is 5.67. The Kier molecular flexibility index (Phi) is 7.29. The largest absolute Gasteiger partial charge is 0.497 e. The molecule has 0 unspecified atom stereocenters. The summed E-state index contributed by atoms with van der Waals surface area (Å²) in [5.41, 5.74) is 3.14. The highest BCUT2D eigenvalue weighted by atomic mass is 35.5. The first kappa shape index (κ1) is 19.6. The van der Waals surface area contributed by atoms with Gasteiger partial charge < -0.3 is 14.2 Å². The number of hydrogen-bond donors (Lipinski definition) is 1. The van der Waals surface area contributed by atoms with Crippen molar-refractivity contribution in [2.24, 2.45) is 5.10 Å². The summed E-state index contributed by atoms with van der Waals surface area (Å²) in [6, 6.07) is 12.2. The first-order chi connectivity index (χ1) is 12.5. The standard InChI is InChI=1S/C19H21ClN2O4/c1-4-25-18-9-8-16(24-3)10-14(18)12-21-22-19(23)13(2)26-17-7-5-6-15(20)11-17/h5-13H,4H2,1-3H3,(H,22,23)/b21-12-/t13-/m1/s1. The van der Waals surface area contributed by atoms with Crippen molar-refractivity contribution in [1.29, 1.82) is 0 Å². The zero-order valence-electron chi connectivity index (χ0n) is 14.9. The summed E-state index contributed by atoms with van der Waals surface area (Å²) in [7, 11) is 1.58. The predicted octanol–water partition coefficient (Wildman–Crippen LogP) is 3.66. The van der Waals surface area contributed by atoms with E-state index in [-0.39, 0.29) is 5.91 Å². The Morgan fingerprint density at radius 3 is 2.77 bits per heavy atom. The van der Waals surface area contributed by atoms with Crippen LogP contribution in [-0.4, -0.2) is 31.9 Å². The molecule has 1 atom stereocenters. The topological polar surface area (TPSA) is 69.2 Å². The summed E-state index contributed by atoms with van der Waals surface area (Å²) in [5, 5.41) is 4.51. The molecule has 0 spiro atoms. The molecule has 0 bridgehead atoms. The molecule has 2 rings (SSSR count). The number of benzene rings is 2. The molecule has 0 radical (unpaired) electrons. The molecule has 0 aliphatic carbocycles. The fourth-order valence-electron chi connectivity index (χ4n) is 2.10. The Morgan fingerprint density at radius 1 is 1.27 bits per heavy atom. The molecular weight excluding hydrogens is 356 g/mol. The van der Waals surface area contributed by atoms with Crippen molar-refractivity contribution in [3.8, 4) is 17.2 Å². The highest BCUT2D eigenvalue weighted by Gasteiger charge is 2.14. The lowest BCUT2D eigenvalue weighted by Gasteiger charge is -2.13. The van der Waals surface area contributed by atoms with Gasteiger partial charge in [-0.1, -0.05) is 17.7 Å². The second-order valence-corrected chi connectivity index (χ2v) is 5.72. The first-order valence-corrected chi connectivity index (χ1v) is 8.47. The average molecular weight is 377 g/mol. The van der Waals surface area contributed by atoms with E-state index in [1.54, 1.807) is 56.5 Å². The summed E-state index contributed by atoms with van der Waals surface area (Å²) in [5.74, 6) is 1.44. The van der Waals surface area contributed by atoms with Gasteiger partial charge in [-0.05, 0) is 50.2 Å². The number of carbonyl (C=O) groups is 1. The van der Waals surface area contributed by atoms with Gasteiger partial charge in [0.05, 0.1) is 19.9 Å². The van der Waals surface area contributed by atoms with E-state index in [0.717, 1.165) is 0 Å². The van der Waals surface area contributed by atoms with Gasteiger partial charge in [-0.3, -0.25) is 4.79 Å². The van der Waals surface area contributed by atoms with Crippen molar-refractivity contribution in [3.63, 3.8) is 0 Å². The van der Waals surface area contributed by atoms with Crippen molar-refractivity contribution < 1.29 is 19.0 Å². The molecule has 1 amide bonds. The second-order valence-electron chi connectivity index (χ2n) is 5.29. The van der Waals surface area contributed by atoms with Gasteiger partial charge in [-0.25, -0.2) is 5.43 Å². The van der Waals surface area contributed by atoms with Crippen molar-refractivity contribution in [3.05, 3.63) is 53.1 Å². The van der Waals surface area contributed by atoms with Crippen LogP contribution in [0.1, 0.15) is 19.4 Å². The third-order valence-electron chi connectivity index (χ3n) is 3.37. The molecule has 0 aromatic heterocycles. The predicted molar refractivity (Wildman–Crippen MR) is 101 cm³/mol. The fourth-order valence-corrected chi connectivity index (χ4v) is 2.28. The quantitative estimate of drug-likeness (QED) is 0.563. The Hall–Kier alpha value is -2.73. The zero-order chi connectivity index (χ0) is 18.9. The maximum Gasteiger partial charge on any atom is 0.280 e. The molecule has 2 aromatic rings. The van der Waals surface area contributed by atoms with Crippen LogP contribution in [0.2, 0.25) is 5.02 Å². The average Bonchev–Trinajstić information content (AvgIpc) is 2.63. The SMILES string of the molecule is CCOc1ccc(OC)cc1/C=N\NC(=O)[C@@H](C)Oc1cccc(Cl)c1. The molecule has 0 aliphatic heterocycles. The van der Waals surface area contributed by atoms with Gasteiger partial charge in [-0.15, -0.1) is 0 Å². The zero-order valence-corrected chi connectivity index (χ0v) is 15.6. The number of ether oxygens (including phenoxy) is 3. The van der Waals surface area contributed by atoms with Crippen LogP contribution in [0.5, 0.6) is 17.2 Å². The number of carbonyl (C=O) groups excluding carboxylic acids is 1. The van der Waals surface area contributed by atoms with Crippen LogP contribution in [0.4, 0.5) is 0 Å². The lowest BCUT2D eigenvalue weighted by molar-refractivity contribution is -0.127. The summed E-state index contributed by atoms with van der Waals surface area (Å²) in [4.78, 5) is 12.1. The Labute approximate surface area is 157 Å². The van der Waals surface area contributed by atoms with Gasteiger partial charge in [0.15, 0.2) is 6.10 Å². The van der Waals surface area contributed by atoms with Gasteiger partial charge in [0, 0.05) is 10.6 Å². The van der Waals surface area contributed by atoms with E-state index in [2.05, 4.69) is 10.5 Å². The molecule has 2 aromatic carbocycles. The van der Waals surface area contributed by atoms with Crippen LogP contribution in [0.25, 0.3) is 0 Å². The smallest absolute Gasteiger partial charge is 0.280 e. The normalized spacial score (nSPS) is 11.8. The van der Waals surface area contributed by atoms with E-state index in [0.29, 0.717) is 34.4 Å². The van der Waals surface area contributed by atoms with Crippen molar-refractivity contribution in [1.82, 2.24) is 5.43 Å². The summed E-state index contributed by atoms with van der Waals surface area (Å²) < 4.78 is 16.3. The minimum absolute atomic E-state index is 0.387. The van der Waals surface area contributed by atoms with E-state index in [9.17, 15) is 4.79 Å². The number of methoxy groups -OCH3 is 1. The highest BCUT2D eigenvalue weighted by molar-refractivity contribution is 6.30. The number of hydrogen-bond acceptors (Lipinski definition) is 5. The molecule has 6 nitrogen and oxygen atoms in total. The molecule has 26 heavy (non-hydrogen) atoms. The number of hydrazone groups is 1. The van der Waals surface area contributed by atoms with Gasteiger partial charge in [0.25, 0.3) is 5.91 Å². The van der Waals surface area contributed by atoms with Crippen LogP contribution < -0.4 is 19.6 Å². The molecule has 0 saturated heterocycles. The van der Waals surface area contributed by atoms with Crippen LogP contribution in [0.15, 0.2) is 47.6 Å². The minimum atomic E-state index is -0.734. The van der Waals surface area contributed by atoms with Gasteiger partial charge >= 0.3 is 0 Å². The molecule has 1 N–H and O–H groups in total. The third-order valence-corrected chi connectivity index (χ3v) is 3.61. The number of nitrogens with zero attached hydrogens (tertiary/aromatic N) is 1. The summed E-state index contributed by atoms with van der Waals surface area (Å²) >= 11 is 5.90. The van der Waals surface area contributed by atoms with Gasteiger partial charge in [-0.2, -0.15) is 5.10 Å². The van der Waals surface area contributed by atoms with Crippen LogP contribution >= 0.6 is 11.6 Å². The van der Waals surface area contributed by atoms with Gasteiger partial charge in [0.1, 0.15) is 17.2 Å². The molecular formula is C19H21ClN2O4. The van der Waals surface area contributed by atoms with Crippen molar-refractivity contribution >= 4 is 23.7 Å². The lowest BCUT2D eigenvalue weighted by atomic mass is 10.2. The monoisotopic (exact) mass is 376 g/mol. The number of halogens is 1. The number of amides is 1. The second kappa shape index (κ2) is 9.68. The minimum Gasteiger partial charge on any atom is -0.497 e. The lowest BCUT2D eigenvalue weighted by Crippen LogP contribution is -2.33. The Balaban J connectivity index is 1.99. The number of rotatable bonds is 8. The summed E-state index contributed by atoms with van der Waals surface area (Å²) in [6.45, 7) is 4.04. The van der Waals surface area contributed by atoms with E-state index in [1.807, 2.05) is 6.92 Å². The fraction of sp³-hybridized carbons (Fsp3) is 0.263. The molecule has 7 heteroatoms. The molecule has 0 saturated carbocycles. The van der Waals surface area contributed by atoms with E-state index in [1.165, 1.54) is 6.21 Å². The van der Waals surface area contributed by atoms with E-state index >= 15 is 0 Å². The van der Waals surface area contributed by atoms with Crippen LogP contribution in [0.3, 0.4) is 0 Å². The summed E-state index contributed by atoms with van der Waals surface area (Å²) in [6.07, 6.45) is 0.764. The van der Waals surface area contributed by atoms with Crippen LogP contribution in [-0.2, 0) is 4.79 Å². The van der Waals surface area contributed by atoms with Crippen molar-refractivity contribution in [2.45, 2.75) is 20.0 Å². The molecule has 0 heterocycles. The maximum atomic E-state index is 12.1. The van der Waals surface area contributed by atoms with Crippen LogP contribution in [0, 0.1) is 0 Å². The van der Waals surface area contributed by atoms with E-state index < -0.39 is 6.10 Å².